The lowest BCUT2D eigenvalue weighted by Crippen LogP contribution is -2.55. The Balaban J connectivity index is 1.29. The van der Waals surface area contributed by atoms with Crippen LogP contribution in [0.4, 0.5) is 10.1 Å². The molecule has 1 N–H and O–H groups in total. The van der Waals surface area contributed by atoms with Crippen LogP contribution in [0.2, 0.25) is 0 Å². The molecule has 1 amide bonds. The monoisotopic (exact) mass is 401 g/mol. The minimum Gasteiger partial charge on any atom is -0.485 e. The van der Waals surface area contributed by atoms with Crippen LogP contribution in [0.3, 0.4) is 0 Å². The smallest absolute Gasteiger partial charge is 0.267 e. The summed E-state index contributed by atoms with van der Waals surface area (Å²) in [5, 5.41) is 3.66. The Morgan fingerprint density at radius 2 is 1.64 bits per heavy atom. The number of fused-ring (bicyclic) bond motifs is 1. The SMILES string of the molecule is O=C([C@@H]1COc2ccccc2O1)N1CCN(C(=S)Nc2ccc(F)cc2)CC1. The van der Waals surface area contributed by atoms with Crippen molar-refractivity contribution in [2.45, 2.75) is 6.10 Å². The Hall–Kier alpha value is -2.87. The van der Waals surface area contributed by atoms with Gasteiger partial charge in [0.1, 0.15) is 12.4 Å². The van der Waals surface area contributed by atoms with Crippen molar-refractivity contribution in [3.63, 3.8) is 0 Å². The topological polar surface area (TPSA) is 54.0 Å². The van der Waals surface area contributed by atoms with Crippen molar-refractivity contribution in [1.82, 2.24) is 9.80 Å². The van der Waals surface area contributed by atoms with Crippen LogP contribution in [-0.2, 0) is 4.79 Å². The van der Waals surface area contributed by atoms with Gasteiger partial charge in [-0.05, 0) is 48.6 Å². The van der Waals surface area contributed by atoms with Gasteiger partial charge in [0.2, 0.25) is 6.10 Å². The zero-order valence-electron chi connectivity index (χ0n) is 15.1. The molecule has 1 fully saturated rings. The summed E-state index contributed by atoms with van der Waals surface area (Å²) < 4.78 is 24.5. The van der Waals surface area contributed by atoms with Gasteiger partial charge in [-0.15, -0.1) is 0 Å². The van der Waals surface area contributed by atoms with Gasteiger partial charge >= 0.3 is 0 Å². The molecule has 2 heterocycles. The van der Waals surface area contributed by atoms with Crippen molar-refractivity contribution in [3.05, 3.63) is 54.3 Å². The second-order valence-corrected chi connectivity index (χ2v) is 7.00. The molecule has 2 aliphatic rings. The summed E-state index contributed by atoms with van der Waals surface area (Å²) in [6.45, 7) is 2.53. The molecule has 0 aromatic heterocycles. The van der Waals surface area contributed by atoms with E-state index in [0.717, 1.165) is 5.69 Å². The molecule has 28 heavy (non-hydrogen) atoms. The number of piperazine rings is 1. The highest BCUT2D eigenvalue weighted by Gasteiger charge is 2.33. The van der Waals surface area contributed by atoms with Crippen LogP contribution >= 0.6 is 12.2 Å². The predicted molar refractivity (Wildman–Crippen MR) is 107 cm³/mol. The summed E-state index contributed by atoms with van der Waals surface area (Å²) in [6, 6.07) is 13.4. The van der Waals surface area contributed by atoms with Crippen LogP contribution in [0.5, 0.6) is 11.5 Å². The highest BCUT2D eigenvalue weighted by molar-refractivity contribution is 7.80. The zero-order chi connectivity index (χ0) is 19.5. The Kier molecular flexibility index (Phi) is 5.29. The van der Waals surface area contributed by atoms with E-state index in [4.69, 9.17) is 21.7 Å². The number of ether oxygens (including phenoxy) is 2. The molecule has 0 bridgehead atoms. The summed E-state index contributed by atoms with van der Waals surface area (Å²) >= 11 is 5.43. The number of anilines is 1. The summed E-state index contributed by atoms with van der Waals surface area (Å²) in [4.78, 5) is 16.6. The van der Waals surface area contributed by atoms with Gasteiger partial charge in [-0.1, -0.05) is 12.1 Å². The molecule has 1 saturated heterocycles. The van der Waals surface area contributed by atoms with Crippen molar-refractivity contribution in [2.24, 2.45) is 0 Å². The summed E-state index contributed by atoms with van der Waals surface area (Å²) in [5.74, 6) is 0.885. The Labute approximate surface area is 167 Å². The maximum atomic E-state index is 13.0. The van der Waals surface area contributed by atoms with Crippen LogP contribution in [0.15, 0.2) is 48.5 Å². The van der Waals surface area contributed by atoms with E-state index in [1.165, 1.54) is 12.1 Å². The molecule has 2 aromatic carbocycles. The number of hydrogen-bond acceptors (Lipinski definition) is 4. The number of nitrogens with one attached hydrogen (secondary N) is 1. The number of thiocarbonyl (C=S) groups is 1. The first-order valence-electron chi connectivity index (χ1n) is 9.09. The standard InChI is InChI=1S/C20H20FN3O3S/c21-14-5-7-15(8-6-14)22-20(28)24-11-9-23(10-12-24)19(25)18-13-26-16-3-1-2-4-17(16)27-18/h1-8,18H,9-13H2,(H,22,28)/t18-/m0/s1. The second kappa shape index (κ2) is 8.02. The van der Waals surface area contributed by atoms with E-state index in [0.29, 0.717) is 42.8 Å². The Morgan fingerprint density at radius 1 is 1.00 bits per heavy atom. The first-order chi connectivity index (χ1) is 13.6. The number of rotatable bonds is 2. The largest absolute Gasteiger partial charge is 0.485 e. The number of para-hydroxylation sites is 2. The van der Waals surface area contributed by atoms with E-state index in [9.17, 15) is 9.18 Å². The van der Waals surface area contributed by atoms with Crippen molar-refractivity contribution in [1.29, 1.82) is 0 Å². The molecule has 1 atom stereocenters. The van der Waals surface area contributed by atoms with E-state index in [1.54, 1.807) is 23.1 Å². The quantitative estimate of drug-likeness (QED) is 0.781. The summed E-state index contributed by atoms with van der Waals surface area (Å²) in [5.41, 5.74) is 0.733. The van der Waals surface area contributed by atoms with E-state index >= 15 is 0 Å². The highest BCUT2D eigenvalue weighted by Crippen LogP contribution is 2.31. The lowest BCUT2D eigenvalue weighted by molar-refractivity contribution is -0.142. The van der Waals surface area contributed by atoms with Crippen molar-refractivity contribution in [2.75, 3.05) is 38.1 Å². The van der Waals surface area contributed by atoms with Crippen molar-refractivity contribution >= 4 is 28.9 Å². The average Bonchev–Trinajstić information content (AvgIpc) is 2.74. The van der Waals surface area contributed by atoms with Crippen LogP contribution in [0.25, 0.3) is 0 Å². The van der Waals surface area contributed by atoms with Gasteiger partial charge in [0.15, 0.2) is 16.6 Å². The zero-order valence-corrected chi connectivity index (χ0v) is 16.0. The third kappa shape index (κ3) is 4.01. The number of benzene rings is 2. The molecule has 0 unspecified atom stereocenters. The molecular formula is C20H20FN3O3S. The number of carbonyl (C=O) groups is 1. The van der Waals surface area contributed by atoms with Crippen molar-refractivity contribution in [3.8, 4) is 11.5 Å². The Bertz CT molecular complexity index is 869. The fraction of sp³-hybridized carbons (Fsp3) is 0.300. The maximum absolute atomic E-state index is 13.0. The minimum absolute atomic E-state index is 0.0773. The van der Waals surface area contributed by atoms with Gasteiger partial charge < -0.3 is 24.6 Å². The molecule has 2 aromatic rings. The highest BCUT2D eigenvalue weighted by atomic mass is 32.1. The second-order valence-electron chi connectivity index (χ2n) is 6.61. The first kappa shape index (κ1) is 18.5. The van der Waals surface area contributed by atoms with Gasteiger partial charge in [-0.25, -0.2) is 4.39 Å². The summed E-state index contributed by atoms with van der Waals surface area (Å²) in [6.07, 6.45) is -0.634. The fourth-order valence-electron chi connectivity index (χ4n) is 3.21. The number of amides is 1. The van der Waals surface area contributed by atoms with E-state index in [1.807, 2.05) is 23.1 Å². The molecule has 0 saturated carbocycles. The molecule has 2 aliphatic heterocycles. The van der Waals surface area contributed by atoms with Gasteiger partial charge in [-0.2, -0.15) is 0 Å². The molecule has 4 rings (SSSR count). The van der Waals surface area contributed by atoms with E-state index < -0.39 is 6.10 Å². The third-order valence-corrected chi connectivity index (χ3v) is 5.12. The summed E-state index contributed by atoms with van der Waals surface area (Å²) in [7, 11) is 0. The third-order valence-electron chi connectivity index (χ3n) is 4.76. The van der Waals surface area contributed by atoms with Crippen LogP contribution in [-0.4, -0.2) is 59.7 Å². The number of halogens is 1. The molecule has 146 valence electrons. The van der Waals surface area contributed by atoms with Gasteiger partial charge in [0, 0.05) is 31.9 Å². The lowest BCUT2D eigenvalue weighted by atomic mass is 10.2. The number of nitrogens with zero attached hydrogens (tertiary/aromatic N) is 2. The van der Waals surface area contributed by atoms with Gasteiger partial charge in [0.25, 0.3) is 5.91 Å². The molecule has 6 nitrogen and oxygen atoms in total. The van der Waals surface area contributed by atoms with Crippen LogP contribution < -0.4 is 14.8 Å². The molecule has 0 aliphatic carbocycles. The van der Waals surface area contributed by atoms with Gasteiger partial charge in [-0.3, -0.25) is 4.79 Å². The minimum atomic E-state index is -0.634. The number of carbonyl (C=O) groups excluding carboxylic acids is 1. The average molecular weight is 401 g/mol. The van der Waals surface area contributed by atoms with E-state index in [2.05, 4.69) is 5.32 Å². The maximum Gasteiger partial charge on any atom is 0.267 e. The molecule has 8 heteroatoms. The lowest BCUT2D eigenvalue weighted by Gasteiger charge is -2.38. The van der Waals surface area contributed by atoms with Crippen LogP contribution in [0.1, 0.15) is 0 Å². The van der Waals surface area contributed by atoms with Crippen molar-refractivity contribution < 1.29 is 18.7 Å². The molecule has 0 spiro atoms. The van der Waals surface area contributed by atoms with Gasteiger partial charge in [0.05, 0.1) is 0 Å². The van der Waals surface area contributed by atoms with Crippen LogP contribution in [0, 0.1) is 5.82 Å². The Morgan fingerprint density at radius 3 is 2.36 bits per heavy atom. The normalized spacial score (nSPS) is 18.5. The van der Waals surface area contributed by atoms with E-state index in [-0.39, 0.29) is 18.3 Å². The first-order valence-corrected chi connectivity index (χ1v) is 9.50. The fourth-order valence-corrected chi connectivity index (χ4v) is 3.51. The molecule has 0 radical (unpaired) electrons. The molecular weight excluding hydrogens is 381 g/mol. The predicted octanol–water partition coefficient (Wildman–Crippen LogP) is 2.51. The number of hydrogen-bond donors (Lipinski definition) is 1.